The third kappa shape index (κ3) is 2.48. The lowest BCUT2D eigenvalue weighted by molar-refractivity contribution is -0.147. The Morgan fingerprint density at radius 2 is 2.04 bits per heavy atom. The Morgan fingerprint density at radius 1 is 1.24 bits per heavy atom. The number of carbonyl (C=O) groups is 3. The van der Waals surface area contributed by atoms with Gasteiger partial charge >= 0.3 is 0 Å². The Kier molecular flexibility index (Phi) is 3.89. The molecule has 0 saturated carbocycles. The zero-order valence-corrected chi connectivity index (χ0v) is 14.7. The highest BCUT2D eigenvalue weighted by atomic mass is 16.2. The number of hydrogen-bond donors (Lipinski definition) is 0. The minimum atomic E-state index is -0.735. The highest BCUT2D eigenvalue weighted by Gasteiger charge is 2.55. The second-order valence-corrected chi connectivity index (χ2v) is 7.63. The molecule has 1 aliphatic carbocycles. The Morgan fingerprint density at radius 3 is 2.84 bits per heavy atom. The zero-order valence-electron chi connectivity index (χ0n) is 14.7. The molecule has 0 unspecified atom stereocenters. The number of aryl methyl sites for hydroxylation is 1. The van der Waals surface area contributed by atoms with Gasteiger partial charge in [0.05, 0.1) is 5.41 Å². The quantitative estimate of drug-likeness (QED) is 0.774. The lowest BCUT2D eigenvalue weighted by atomic mass is 9.80. The van der Waals surface area contributed by atoms with Crippen LogP contribution >= 0.6 is 0 Å². The van der Waals surface area contributed by atoms with E-state index in [4.69, 9.17) is 0 Å². The Balaban J connectivity index is 1.56. The molecule has 5 heteroatoms. The standard InChI is InChI=1S/C20H24N2O3/c1-14-6-4-5-11-21(14)18(24)13-22-17(23)12-20(19(22)25)10-9-15-7-2-3-8-16(15)20/h2-3,7-8,14H,4-6,9-13H2,1H3/t14-,20-/m1/s1. The molecule has 2 fully saturated rings. The number of piperidine rings is 1. The summed E-state index contributed by atoms with van der Waals surface area (Å²) in [6, 6.07) is 8.08. The molecule has 2 atom stereocenters. The van der Waals surface area contributed by atoms with Gasteiger partial charge in [-0.2, -0.15) is 0 Å². The lowest BCUT2D eigenvalue weighted by Crippen LogP contribution is -2.49. The molecule has 1 spiro atoms. The summed E-state index contributed by atoms with van der Waals surface area (Å²) >= 11 is 0. The Bertz CT molecular complexity index is 744. The lowest BCUT2D eigenvalue weighted by Gasteiger charge is -2.34. The fourth-order valence-corrected chi connectivity index (χ4v) is 4.75. The Hall–Kier alpha value is -2.17. The van der Waals surface area contributed by atoms with E-state index < -0.39 is 5.41 Å². The van der Waals surface area contributed by atoms with E-state index in [0.29, 0.717) is 6.42 Å². The van der Waals surface area contributed by atoms with Gasteiger partial charge in [-0.1, -0.05) is 24.3 Å². The van der Waals surface area contributed by atoms with Crippen LogP contribution < -0.4 is 0 Å². The average molecular weight is 340 g/mol. The molecule has 132 valence electrons. The third-order valence-corrected chi connectivity index (χ3v) is 6.18. The third-order valence-electron chi connectivity index (χ3n) is 6.18. The molecule has 3 amide bonds. The van der Waals surface area contributed by atoms with Crippen molar-refractivity contribution in [2.45, 2.75) is 56.9 Å². The number of amides is 3. The maximum Gasteiger partial charge on any atom is 0.242 e. The summed E-state index contributed by atoms with van der Waals surface area (Å²) in [5, 5.41) is 0. The number of imide groups is 1. The smallest absolute Gasteiger partial charge is 0.242 e. The minimum Gasteiger partial charge on any atom is -0.338 e. The van der Waals surface area contributed by atoms with Crippen molar-refractivity contribution < 1.29 is 14.4 Å². The largest absolute Gasteiger partial charge is 0.338 e. The van der Waals surface area contributed by atoms with Crippen LogP contribution in [0.4, 0.5) is 0 Å². The van der Waals surface area contributed by atoms with Crippen LogP contribution in [-0.2, 0) is 26.2 Å². The molecule has 0 aromatic heterocycles. The molecular formula is C20H24N2O3. The summed E-state index contributed by atoms with van der Waals surface area (Å²) in [6.07, 6.45) is 4.81. The first-order valence-electron chi connectivity index (χ1n) is 9.25. The van der Waals surface area contributed by atoms with Gasteiger partial charge < -0.3 is 4.90 Å². The van der Waals surface area contributed by atoms with Crippen LogP contribution in [0.2, 0.25) is 0 Å². The van der Waals surface area contributed by atoms with Crippen LogP contribution in [0.1, 0.15) is 50.2 Å². The predicted molar refractivity (Wildman–Crippen MR) is 92.8 cm³/mol. The molecule has 0 bridgehead atoms. The van der Waals surface area contributed by atoms with Crippen molar-refractivity contribution in [3.63, 3.8) is 0 Å². The summed E-state index contributed by atoms with van der Waals surface area (Å²) in [7, 11) is 0. The van der Waals surface area contributed by atoms with E-state index in [1.54, 1.807) is 0 Å². The van der Waals surface area contributed by atoms with Crippen LogP contribution in [0, 0.1) is 0 Å². The van der Waals surface area contributed by atoms with Crippen LogP contribution in [0.3, 0.4) is 0 Å². The van der Waals surface area contributed by atoms with E-state index in [1.807, 2.05) is 36.1 Å². The van der Waals surface area contributed by atoms with Crippen LogP contribution in [0.15, 0.2) is 24.3 Å². The maximum atomic E-state index is 13.1. The van der Waals surface area contributed by atoms with Gasteiger partial charge in [-0.15, -0.1) is 0 Å². The van der Waals surface area contributed by atoms with Crippen LogP contribution in [0.5, 0.6) is 0 Å². The second kappa shape index (κ2) is 5.97. The van der Waals surface area contributed by atoms with E-state index in [2.05, 4.69) is 0 Å². The number of rotatable bonds is 2. The molecular weight excluding hydrogens is 316 g/mol. The van der Waals surface area contributed by atoms with E-state index >= 15 is 0 Å². The number of likely N-dealkylation sites (tertiary alicyclic amines) is 2. The number of carbonyl (C=O) groups excluding carboxylic acids is 3. The van der Waals surface area contributed by atoms with Crippen molar-refractivity contribution in [2.24, 2.45) is 0 Å². The number of benzene rings is 1. The van der Waals surface area contributed by atoms with Crippen LogP contribution in [0.25, 0.3) is 0 Å². The van der Waals surface area contributed by atoms with Gasteiger partial charge in [0, 0.05) is 19.0 Å². The highest BCUT2D eigenvalue weighted by molar-refractivity contribution is 6.11. The second-order valence-electron chi connectivity index (χ2n) is 7.63. The molecule has 0 N–H and O–H groups in total. The van der Waals surface area contributed by atoms with Crippen LogP contribution in [-0.4, -0.2) is 46.7 Å². The molecule has 0 radical (unpaired) electrons. The van der Waals surface area contributed by atoms with E-state index in [1.165, 1.54) is 4.90 Å². The van der Waals surface area contributed by atoms with Crippen molar-refractivity contribution >= 4 is 17.7 Å². The number of nitrogens with zero attached hydrogens (tertiary/aromatic N) is 2. The van der Waals surface area contributed by atoms with Gasteiger partial charge in [0.25, 0.3) is 0 Å². The first-order chi connectivity index (χ1) is 12.0. The summed E-state index contributed by atoms with van der Waals surface area (Å²) in [6.45, 7) is 2.66. The highest BCUT2D eigenvalue weighted by Crippen LogP contribution is 2.46. The summed E-state index contributed by atoms with van der Waals surface area (Å²) < 4.78 is 0. The number of hydrogen-bond acceptors (Lipinski definition) is 3. The van der Waals surface area contributed by atoms with Gasteiger partial charge in [0.2, 0.25) is 17.7 Å². The van der Waals surface area contributed by atoms with Gasteiger partial charge in [0.15, 0.2) is 0 Å². The fraction of sp³-hybridized carbons (Fsp3) is 0.550. The first-order valence-corrected chi connectivity index (χ1v) is 9.25. The zero-order chi connectivity index (χ0) is 17.6. The topological polar surface area (TPSA) is 57.7 Å². The minimum absolute atomic E-state index is 0.0998. The van der Waals surface area contributed by atoms with Crippen molar-refractivity contribution in [1.82, 2.24) is 9.80 Å². The SMILES string of the molecule is C[C@@H]1CCCCN1C(=O)CN1C(=O)C[C@@]2(CCc3ccccc32)C1=O. The molecule has 5 nitrogen and oxygen atoms in total. The number of fused-ring (bicyclic) bond motifs is 2. The van der Waals surface area contributed by atoms with Crippen molar-refractivity contribution in [2.75, 3.05) is 13.1 Å². The molecule has 2 heterocycles. The van der Waals surface area contributed by atoms with Gasteiger partial charge in [-0.05, 0) is 50.2 Å². The maximum absolute atomic E-state index is 13.1. The molecule has 4 rings (SSSR count). The molecule has 25 heavy (non-hydrogen) atoms. The van der Waals surface area contributed by atoms with E-state index in [9.17, 15) is 14.4 Å². The summed E-state index contributed by atoms with van der Waals surface area (Å²) in [5.41, 5.74) is 1.40. The predicted octanol–water partition coefficient (Wildman–Crippen LogP) is 2.03. The summed E-state index contributed by atoms with van der Waals surface area (Å²) in [4.78, 5) is 41.5. The van der Waals surface area contributed by atoms with E-state index in [-0.39, 0.29) is 36.7 Å². The first kappa shape index (κ1) is 16.3. The molecule has 1 aromatic rings. The van der Waals surface area contributed by atoms with Gasteiger partial charge in [-0.25, -0.2) is 0 Å². The molecule has 2 saturated heterocycles. The average Bonchev–Trinajstić information content (AvgIpc) is 3.09. The van der Waals surface area contributed by atoms with Gasteiger partial charge in [0.1, 0.15) is 6.54 Å². The fourth-order valence-electron chi connectivity index (χ4n) is 4.75. The molecule has 2 aliphatic heterocycles. The van der Waals surface area contributed by atoms with E-state index in [0.717, 1.165) is 43.4 Å². The van der Waals surface area contributed by atoms with Crippen molar-refractivity contribution in [3.05, 3.63) is 35.4 Å². The Labute approximate surface area is 148 Å². The monoisotopic (exact) mass is 340 g/mol. The molecule has 1 aromatic carbocycles. The van der Waals surface area contributed by atoms with Crippen molar-refractivity contribution in [3.8, 4) is 0 Å². The van der Waals surface area contributed by atoms with Crippen molar-refractivity contribution in [1.29, 1.82) is 0 Å². The normalized spacial score (nSPS) is 28.8. The van der Waals surface area contributed by atoms with Gasteiger partial charge in [-0.3, -0.25) is 19.3 Å². The molecule has 3 aliphatic rings. The summed E-state index contributed by atoms with van der Waals surface area (Å²) in [5.74, 6) is -0.489.